The number of benzene rings is 1. The fourth-order valence-corrected chi connectivity index (χ4v) is 1.91. The van der Waals surface area contributed by atoms with Crippen molar-refractivity contribution in [3.8, 4) is 0 Å². The van der Waals surface area contributed by atoms with Crippen LogP contribution in [0.15, 0.2) is 30.3 Å². The number of hydrogen-bond acceptors (Lipinski definition) is 3. The summed E-state index contributed by atoms with van der Waals surface area (Å²) in [6, 6.07) is 10.2. The molecular weight excluding hydrogens is 212 g/mol. The van der Waals surface area contributed by atoms with Gasteiger partial charge < -0.3 is 11.1 Å². The Morgan fingerprint density at radius 1 is 1.35 bits per heavy atom. The molecule has 4 nitrogen and oxygen atoms in total. The molecule has 1 aromatic heterocycles. The zero-order chi connectivity index (χ0) is 11.8. The highest BCUT2D eigenvalue weighted by molar-refractivity contribution is 6.07. The lowest BCUT2D eigenvalue weighted by atomic mass is 10.1. The first kappa shape index (κ1) is 10.1. The number of pyridine rings is 1. The van der Waals surface area contributed by atoms with Gasteiger partial charge in [0.2, 0.25) is 0 Å². The molecule has 1 fully saturated rings. The Balaban J connectivity index is 2.15. The van der Waals surface area contributed by atoms with E-state index in [-0.39, 0.29) is 5.84 Å². The SMILES string of the molecule is N=C(N)c1cc(NC2CC2)nc2ccccc12. The first-order chi connectivity index (χ1) is 8.24. The monoisotopic (exact) mass is 226 g/mol. The minimum atomic E-state index is 0.0856. The van der Waals surface area contributed by atoms with Crippen molar-refractivity contribution in [3.63, 3.8) is 0 Å². The van der Waals surface area contributed by atoms with E-state index in [4.69, 9.17) is 11.1 Å². The zero-order valence-electron chi connectivity index (χ0n) is 9.40. The quantitative estimate of drug-likeness (QED) is 0.554. The molecule has 1 aliphatic rings. The Kier molecular flexibility index (Phi) is 2.21. The molecule has 86 valence electrons. The smallest absolute Gasteiger partial charge is 0.127 e. The molecule has 1 aliphatic carbocycles. The van der Waals surface area contributed by atoms with Crippen LogP contribution in [0.2, 0.25) is 0 Å². The molecular formula is C13H14N4. The van der Waals surface area contributed by atoms with Gasteiger partial charge in [0.15, 0.2) is 0 Å². The van der Waals surface area contributed by atoms with Crippen molar-refractivity contribution in [2.45, 2.75) is 18.9 Å². The molecule has 0 bridgehead atoms. The van der Waals surface area contributed by atoms with Crippen LogP contribution in [-0.4, -0.2) is 16.9 Å². The van der Waals surface area contributed by atoms with Crippen molar-refractivity contribution >= 4 is 22.6 Å². The van der Waals surface area contributed by atoms with Gasteiger partial charge in [-0.1, -0.05) is 18.2 Å². The first-order valence-electron chi connectivity index (χ1n) is 5.75. The maximum atomic E-state index is 7.63. The van der Waals surface area contributed by atoms with Gasteiger partial charge in [0.1, 0.15) is 11.7 Å². The van der Waals surface area contributed by atoms with Crippen LogP contribution in [0.3, 0.4) is 0 Å². The van der Waals surface area contributed by atoms with E-state index in [0.29, 0.717) is 6.04 Å². The van der Waals surface area contributed by atoms with Gasteiger partial charge in [-0.3, -0.25) is 5.41 Å². The van der Waals surface area contributed by atoms with Crippen LogP contribution >= 0.6 is 0 Å². The number of aromatic nitrogens is 1. The molecule has 1 saturated carbocycles. The normalized spacial score (nSPS) is 14.8. The summed E-state index contributed by atoms with van der Waals surface area (Å²) >= 11 is 0. The highest BCUT2D eigenvalue weighted by Crippen LogP contribution is 2.26. The van der Waals surface area contributed by atoms with Crippen LogP contribution in [0, 0.1) is 5.41 Å². The van der Waals surface area contributed by atoms with E-state index < -0.39 is 0 Å². The zero-order valence-corrected chi connectivity index (χ0v) is 9.40. The Bertz CT molecular complexity index is 587. The molecule has 0 amide bonds. The van der Waals surface area contributed by atoms with Gasteiger partial charge in [0.25, 0.3) is 0 Å². The number of fused-ring (bicyclic) bond motifs is 1. The lowest BCUT2D eigenvalue weighted by molar-refractivity contribution is 1.12. The van der Waals surface area contributed by atoms with Crippen LogP contribution in [-0.2, 0) is 0 Å². The van der Waals surface area contributed by atoms with Gasteiger partial charge in [-0.2, -0.15) is 0 Å². The Hall–Kier alpha value is -2.10. The number of nitrogens with two attached hydrogens (primary N) is 1. The topological polar surface area (TPSA) is 74.8 Å². The molecule has 3 rings (SSSR count). The number of para-hydroxylation sites is 1. The summed E-state index contributed by atoms with van der Waals surface area (Å²) < 4.78 is 0. The predicted octanol–water partition coefficient (Wildman–Crippen LogP) is 2.09. The molecule has 0 unspecified atom stereocenters. The molecule has 2 aromatic rings. The fourth-order valence-electron chi connectivity index (χ4n) is 1.91. The van der Waals surface area contributed by atoms with E-state index in [0.717, 1.165) is 22.3 Å². The van der Waals surface area contributed by atoms with Gasteiger partial charge in [-0.05, 0) is 25.0 Å². The average Bonchev–Trinajstić information content (AvgIpc) is 3.11. The van der Waals surface area contributed by atoms with Gasteiger partial charge in [-0.15, -0.1) is 0 Å². The van der Waals surface area contributed by atoms with Crippen molar-refractivity contribution < 1.29 is 0 Å². The Morgan fingerprint density at radius 2 is 2.12 bits per heavy atom. The molecule has 0 spiro atoms. The number of nitrogens with zero attached hydrogens (tertiary/aromatic N) is 1. The lowest BCUT2D eigenvalue weighted by Gasteiger charge is -2.09. The van der Waals surface area contributed by atoms with Crippen LogP contribution in [0.4, 0.5) is 5.82 Å². The number of anilines is 1. The van der Waals surface area contributed by atoms with E-state index in [1.807, 2.05) is 30.3 Å². The van der Waals surface area contributed by atoms with E-state index in [1.54, 1.807) is 0 Å². The highest BCUT2D eigenvalue weighted by atomic mass is 15.0. The van der Waals surface area contributed by atoms with Gasteiger partial charge in [0.05, 0.1) is 5.52 Å². The number of rotatable bonds is 3. The van der Waals surface area contributed by atoms with E-state index in [1.165, 1.54) is 12.8 Å². The number of nitrogen functional groups attached to an aromatic ring is 1. The molecule has 0 radical (unpaired) electrons. The van der Waals surface area contributed by atoms with Crippen LogP contribution in [0.5, 0.6) is 0 Å². The van der Waals surface area contributed by atoms with Crippen LogP contribution < -0.4 is 11.1 Å². The summed E-state index contributed by atoms with van der Waals surface area (Å²) in [6.45, 7) is 0. The van der Waals surface area contributed by atoms with Gasteiger partial charge in [0, 0.05) is 17.0 Å². The summed E-state index contributed by atoms with van der Waals surface area (Å²) in [7, 11) is 0. The van der Waals surface area contributed by atoms with Crippen molar-refractivity contribution in [1.29, 1.82) is 5.41 Å². The maximum absolute atomic E-state index is 7.63. The molecule has 4 heteroatoms. The molecule has 0 atom stereocenters. The highest BCUT2D eigenvalue weighted by Gasteiger charge is 2.21. The second-order valence-corrected chi connectivity index (χ2v) is 4.40. The second-order valence-electron chi connectivity index (χ2n) is 4.40. The minimum Gasteiger partial charge on any atom is -0.384 e. The van der Waals surface area contributed by atoms with Crippen molar-refractivity contribution in [2.24, 2.45) is 5.73 Å². The maximum Gasteiger partial charge on any atom is 0.127 e. The third kappa shape index (κ3) is 1.93. The Morgan fingerprint density at radius 3 is 2.82 bits per heavy atom. The lowest BCUT2D eigenvalue weighted by Crippen LogP contribution is -2.13. The van der Waals surface area contributed by atoms with E-state index in [9.17, 15) is 0 Å². The summed E-state index contributed by atoms with van der Waals surface area (Å²) in [5, 5.41) is 11.9. The van der Waals surface area contributed by atoms with E-state index >= 15 is 0 Å². The molecule has 0 saturated heterocycles. The van der Waals surface area contributed by atoms with Crippen LogP contribution in [0.1, 0.15) is 18.4 Å². The first-order valence-corrected chi connectivity index (χ1v) is 5.75. The van der Waals surface area contributed by atoms with Gasteiger partial charge >= 0.3 is 0 Å². The summed E-state index contributed by atoms with van der Waals surface area (Å²) in [5.41, 5.74) is 7.25. The number of amidine groups is 1. The minimum absolute atomic E-state index is 0.0856. The molecule has 17 heavy (non-hydrogen) atoms. The molecule has 1 aromatic carbocycles. The third-order valence-electron chi connectivity index (χ3n) is 2.94. The van der Waals surface area contributed by atoms with Gasteiger partial charge in [-0.25, -0.2) is 4.98 Å². The average molecular weight is 226 g/mol. The summed E-state index contributed by atoms with van der Waals surface area (Å²) in [6.07, 6.45) is 2.40. The number of hydrogen-bond donors (Lipinski definition) is 3. The van der Waals surface area contributed by atoms with Crippen molar-refractivity contribution in [3.05, 3.63) is 35.9 Å². The third-order valence-corrected chi connectivity index (χ3v) is 2.94. The van der Waals surface area contributed by atoms with Crippen molar-refractivity contribution in [1.82, 2.24) is 4.98 Å². The van der Waals surface area contributed by atoms with Crippen molar-refractivity contribution in [2.75, 3.05) is 5.32 Å². The molecule has 1 heterocycles. The summed E-state index contributed by atoms with van der Waals surface area (Å²) in [5.74, 6) is 0.902. The number of nitrogens with one attached hydrogen (secondary N) is 2. The standard InChI is InChI=1S/C13H14N4/c14-13(15)10-7-12(16-8-5-6-8)17-11-4-2-1-3-9(10)11/h1-4,7-8H,5-6H2,(H3,14,15)(H,16,17). The molecule has 4 N–H and O–H groups in total. The Labute approximate surface area is 99.4 Å². The largest absolute Gasteiger partial charge is 0.384 e. The molecule has 0 aliphatic heterocycles. The summed E-state index contributed by atoms with van der Waals surface area (Å²) in [4.78, 5) is 4.54. The van der Waals surface area contributed by atoms with Crippen LogP contribution in [0.25, 0.3) is 10.9 Å². The fraction of sp³-hybridized carbons (Fsp3) is 0.231. The predicted molar refractivity (Wildman–Crippen MR) is 69.4 cm³/mol. The second kappa shape index (κ2) is 3.73. The van der Waals surface area contributed by atoms with E-state index in [2.05, 4.69) is 10.3 Å².